The van der Waals surface area contributed by atoms with Crippen molar-refractivity contribution in [3.8, 4) is 16.8 Å². The number of anilines is 1. The molecular formula is C61H46N2. The zero-order valence-corrected chi connectivity index (χ0v) is 35.1. The van der Waals surface area contributed by atoms with Gasteiger partial charge in [0.2, 0.25) is 0 Å². The molecule has 0 saturated heterocycles. The molecule has 0 aliphatic heterocycles. The summed E-state index contributed by atoms with van der Waals surface area (Å²) in [5, 5.41) is 2.53. The third kappa shape index (κ3) is 6.09. The fraction of sp³-hybridized carbons (Fsp3) is 0.0820. The summed E-state index contributed by atoms with van der Waals surface area (Å²) in [5.41, 5.74) is 17.5. The van der Waals surface area contributed by atoms with Crippen LogP contribution in [-0.2, 0) is 5.41 Å². The average molecular weight is 807 g/mol. The van der Waals surface area contributed by atoms with Gasteiger partial charge in [0.15, 0.2) is 0 Å². The molecule has 0 fully saturated rings. The molecule has 0 amide bonds. The van der Waals surface area contributed by atoms with Gasteiger partial charge in [-0.05, 0) is 111 Å². The van der Waals surface area contributed by atoms with Gasteiger partial charge in [-0.15, -0.1) is 0 Å². The molecule has 0 bridgehead atoms. The molecule has 2 atom stereocenters. The molecule has 1 aromatic heterocycles. The van der Waals surface area contributed by atoms with Crippen LogP contribution in [0, 0.1) is 0 Å². The van der Waals surface area contributed by atoms with Gasteiger partial charge in [0.25, 0.3) is 0 Å². The quantitative estimate of drug-likeness (QED) is 0.148. The first-order valence-corrected chi connectivity index (χ1v) is 22.3. The Morgan fingerprint density at radius 1 is 0.492 bits per heavy atom. The van der Waals surface area contributed by atoms with Gasteiger partial charge in [-0.3, -0.25) is 0 Å². The van der Waals surface area contributed by atoms with Crippen molar-refractivity contribution in [2.45, 2.75) is 30.2 Å². The van der Waals surface area contributed by atoms with Crippen LogP contribution < -0.4 is 4.90 Å². The highest BCUT2D eigenvalue weighted by Crippen LogP contribution is 2.60. The van der Waals surface area contributed by atoms with E-state index in [9.17, 15) is 0 Å². The van der Waals surface area contributed by atoms with E-state index in [4.69, 9.17) is 0 Å². The Kier molecular flexibility index (Phi) is 9.04. The van der Waals surface area contributed by atoms with Gasteiger partial charge in [-0.25, -0.2) is 0 Å². The number of para-hydroxylation sites is 2. The lowest BCUT2D eigenvalue weighted by molar-refractivity contribution is 0.677. The lowest BCUT2D eigenvalue weighted by atomic mass is 9.66. The third-order valence-electron chi connectivity index (χ3n) is 13.8. The van der Waals surface area contributed by atoms with E-state index in [0.29, 0.717) is 0 Å². The van der Waals surface area contributed by atoms with E-state index in [0.717, 1.165) is 12.8 Å². The van der Waals surface area contributed by atoms with Gasteiger partial charge in [-0.2, -0.15) is 0 Å². The molecule has 1 heterocycles. The number of aromatic nitrogens is 1. The molecule has 300 valence electrons. The van der Waals surface area contributed by atoms with Crippen molar-refractivity contribution in [3.05, 3.63) is 282 Å². The molecule has 0 N–H and O–H groups in total. The van der Waals surface area contributed by atoms with Crippen LogP contribution >= 0.6 is 0 Å². The molecule has 0 radical (unpaired) electrons. The van der Waals surface area contributed by atoms with Crippen LogP contribution in [0.25, 0.3) is 44.2 Å². The first-order chi connectivity index (χ1) is 31.3. The summed E-state index contributed by atoms with van der Waals surface area (Å²) >= 11 is 0. The van der Waals surface area contributed by atoms with Gasteiger partial charge in [0.05, 0.1) is 22.5 Å². The van der Waals surface area contributed by atoms with Crippen molar-refractivity contribution in [2.75, 3.05) is 4.90 Å². The summed E-state index contributed by atoms with van der Waals surface area (Å²) in [6.45, 7) is 0. The standard InChI is InChI=1S/C61H46N2/c1-5-17-43(18-6-1)44-29-34-50(35-30-44)62(51-36-31-45(32-37-51)46-33-40-60-56(41-46)55-26-14-16-28-59(55)63(60)49-23-11-4-12-24-49)52-38-39-54-53-25-13-15-27-57(53)61(58(54)42-52,47-19-7-2-8-20-47)48-21-9-3-10-22-48/h1-34,36-38,40-42,50,54H,35,39H2. The van der Waals surface area contributed by atoms with E-state index < -0.39 is 5.41 Å². The van der Waals surface area contributed by atoms with Crippen molar-refractivity contribution in [1.29, 1.82) is 0 Å². The monoisotopic (exact) mass is 806 g/mol. The van der Waals surface area contributed by atoms with Crippen LogP contribution in [0.5, 0.6) is 0 Å². The molecule has 63 heavy (non-hydrogen) atoms. The Hall–Kier alpha value is -7.68. The zero-order chi connectivity index (χ0) is 41.7. The van der Waals surface area contributed by atoms with E-state index in [-0.39, 0.29) is 12.0 Å². The molecule has 12 rings (SSSR count). The normalized spacial score (nSPS) is 17.4. The van der Waals surface area contributed by atoms with Crippen LogP contribution in [0.1, 0.15) is 46.6 Å². The number of nitrogens with zero attached hydrogens (tertiary/aromatic N) is 2. The van der Waals surface area contributed by atoms with Crippen molar-refractivity contribution in [1.82, 2.24) is 4.57 Å². The van der Waals surface area contributed by atoms with E-state index >= 15 is 0 Å². The minimum atomic E-state index is -0.413. The van der Waals surface area contributed by atoms with Gasteiger partial charge in [-0.1, -0.05) is 194 Å². The molecule has 3 aliphatic carbocycles. The molecule has 2 heteroatoms. The number of hydrogen-bond acceptors (Lipinski definition) is 1. The number of fused-ring (bicyclic) bond motifs is 6. The maximum atomic E-state index is 2.60. The smallest absolute Gasteiger partial charge is 0.0674 e. The Morgan fingerprint density at radius 2 is 1.11 bits per heavy atom. The van der Waals surface area contributed by atoms with Gasteiger partial charge >= 0.3 is 0 Å². The predicted molar refractivity (Wildman–Crippen MR) is 263 cm³/mol. The van der Waals surface area contributed by atoms with E-state index in [2.05, 4.69) is 252 Å². The molecule has 2 unspecified atom stereocenters. The minimum Gasteiger partial charge on any atom is -0.335 e. The van der Waals surface area contributed by atoms with E-state index in [1.165, 1.54) is 89.0 Å². The highest BCUT2D eigenvalue weighted by molar-refractivity contribution is 6.10. The fourth-order valence-corrected chi connectivity index (χ4v) is 11.0. The van der Waals surface area contributed by atoms with Crippen LogP contribution in [0.3, 0.4) is 0 Å². The summed E-state index contributed by atoms with van der Waals surface area (Å²) in [6.07, 6.45) is 14.1. The van der Waals surface area contributed by atoms with Crippen molar-refractivity contribution >= 4 is 33.1 Å². The minimum absolute atomic E-state index is 0.134. The topological polar surface area (TPSA) is 8.17 Å². The summed E-state index contributed by atoms with van der Waals surface area (Å²) < 4.78 is 2.38. The SMILES string of the molecule is C1=CC(N(C2=CCC3C(=C2)C(c2ccccc2)(c2ccccc2)c2ccccc23)c2ccc(-c3ccc4c(c3)c3ccccc3n4-c3ccccc3)cc2)CC=C1c1ccccc1. The second-order valence-corrected chi connectivity index (χ2v) is 17.1. The maximum Gasteiger partial charge on any atom is 0.0674 e. The van der Waals surface area contributed by atoms with Crippen molar-refractivity contribution in [2.24, 2.45) is 0 Å². The fourth-order valence-electron chi connectivity index (χ4n) is 11.0. The Bertz CT molecular complexity index is 3220. The number of hydrogen-bond donors (Lipinski definition) is 0. The van der Waals surface area contributed by atoms with E-state index in [1.54, 1.807) is 0 Å². The maximum absolute atomic E-state index is 2.60. The average Bonchev–Trinajstić information content (AvgIpc) is 3.86. The molecule has 9 aromatic rings. The number of allylic oxidation sites excluding steroid dienone is 5. The summed E-state index contributed by atoms with van der Waals surface area (Å²) in [7, 11) is 0. The van der Waals surface area contributed by atoms with Crippen LogP contribution in [0.15, 0.2) is 254 Å². The summed E-state index contributed by atoms with van der Waals surface area (Å²) in [5.74, 6) is 0.281. The Morgan fingerprint density at radius 3 is 1.83 bits per heavy atom. The second kappa shape index (κ2) is 15.3. The second-order valence-electron chi connectivity index (χ2n) is 17.1. The van der Waals surface area contributed by atoms with Crippen LogP contribution in [-0.4, -0.2) is 10.6 Å². The first-order valence-electron chi connectivity index (χ1n) is 22.3. The number of rotatable bonds is 8. The molecule has 8 aromatic carbocycles. The summed E-state index contributed by atoms with van der Waals surface area (Å²) in [4.78, 5) is 2.60. The lowest BCUT2D eigenvalue weighted by Crippen LogP contribution is -2.36. The van der Waals surface area contributed by atoms with Crippen LogP contribution in [0.4, 0.5) is 5.69 Å². The first kappa shape index (κ1) is 37.1. The van der Waals surface area contributed by atoms with Crippen LogP contribution in [0.2, 0.25) is 0 Å². The highest BCUT2D eigenvalue weighted by atomic mass is 15.2. The third-order valence-corrected chi connectivity index (χ3v) is 13.8. The molecule has 0 spiro atoms. The molecule has 2 nitrogen and oxygen atoms in total. The van der Waals surface area contributed by atoms with Gasteiger partial charge < -0.3 is 9.47 Å². The highest BCUT2D eigenvalue weighted by Gasteiger charge is 2.51. The van der Waals surface area contributed by atoms with Crippen molar-refractivity contribution in [3.63, 3.8) is 0 Å². The molecule has 3 aliphatic rings. The largest absolute Gasteiger partial charge is 0.335 e. The number of benzene rings is 8. The lowest BCUT2D eigenvalue weighted by Gasteiger charge is -2.39. The van der Waals surface area contributed by atoms with Gasteiger partial charge in [0.1, 0.15) is 0 Å². The Labute approximate surface area is 369 Å². The molecular weight excluding hydrogens is 761 g/mol. The summed E-state index contributed by atoms with van der Waals surface area (Å²) in [6, 6.07) is 78.2. The molecule has 0 saturated carbocycles. The Balaban J connectivity index is 0.978. The zero-order valence-electron chi connectivity index (χ0n) is 35.1. The predicted octanol–water partition coefficient (Wildman–Crippen LogP) is 15.0. The van der Waals surface area contributed by atoms with Crippen molar-refractivity contribution < 1.29 is 0 Å². The van der Waals surface area contributed by atoms with Gasteiger partial charge in [0, 0.05) is 33.8 Å². The van der Waals surface area contributed by atoms with E-state index in [1.807, 2.05) is 0 Å².